The van der Waals surface area contributed by atoms with Crippen molar-refractivity contribution in [2.24, 2.45) is 0 Å². The second kappa shape index (κ2) is 15.3. The molecule has 0 fully saturated rings. The highest BCUT2D eigenvalue weighted by molar-refractivity contribution is 6.07. The molecule has 0 spiro atoms. The third-order valence-corrected chi connectivity index (χ3v) is 11.2. The van der Waals surface area contributed by atoms with Crippen molar-refractivity contribution >= 4 is 38.6 Å². The first-order valence-electron chi connectivity index (χ1n) is 19.3. The number of fused-ring (bicyclic) bond motifs is 6. The predicted octanol–water partition coefficient (Wildman–Crippen LogP) is 13.1. The molecule has 6 rings (SSSR count). The van der Waals surface area contributed by atoms with Gasteiger partial charge in [0.25, 0.3) is 0 Å². The maximum Gasteiger partial charge on any atom is 0.210 e. The third-order valence-electron chi connectivity index (χ3n) is 11.2. The Bertz CT molecular complexity index is 1900. The summed E-state index contributed by atoms with van der Waals surface area (Å²) >= 11 is 0. The van der Waals surface area contributed by atoms with Crippen LogP contribution in [0.2, 0.25) is 0 Å². The maximum atomic E-state index is 2.62. The Hall–Kier alpha value is -3.91. The summed E-state index contributed by atoms with van der Waals surface area (Å²) < 4.78 is 2.62. The molecular formula is C47H59N2+. The van der Waals surface area contributed by atoms with Crippen molar-refractivity contribution in [1.29, 1.82) is 0 Å². The van der Waals surface area contributed by atoms with Crippen molar-refractivity contribution in [3.8, 4) is 0 Å². The minimum Gasteiger partial charge on any atom is -0.344 e. The van der Waals surface area contributed by atoms with Gasteiger partial charge in [-0.25, -0.2) is 0 Å². The Morgan fingerprint density at radius 1 is 0.592 bits per heavy atom. The van der Waals surface area contributed by atoms with E-state index >= 15 is 0 Å². The lowest BCUT2D eigenvalue weighted by Gasteiger charge is -2.27. The molecule has 49 heavy (non-hydrogen) atoms. The minimum absolute atomic E-state index is 0.0763. The Morgan fingerprint density at radius 2 is 1.20 bits per heavy atom. The lowest BCUT2D eigenvalue weighted by molar-refractivity contribution is -0.438. The van der Waals surface area contributed by atoms with Crippen molar-refractivity contribution in [2.75, 3.05) is 18.0 Å². The number of unbranched alkanes of at least 4 members (excludes halogenated alkanes) is 8. The molecule has 4 aromatic carbocycles. The van der Waals surface area contributed by atoms with Crippen LogP contribution in [-0.2, 0) is 10.8 Å². The molecule has 0 bridgehead atoms. The summed E-state index contributed by atoms with van der Waals surface area (Å²) in [7, 11) is 0. The van der Waals surface area contributed by atoms with Crippen LogP contribution in [0.25, 0.3) is 21.5 Å². The van der Waals surface area contributed by atoms with Gasteiger partial charge in [0.15, 0.2) is 5.71 Å². The van der Waals surface area contributed by atoms with Crippen molar-refractivity contribution in [1.82, 2.24) is 0 Å². The van der Waals surface area contributed by atoms with E-state index in [2.05, 4.69) is 154 Å². The number of rotatable bonds is 15. The summed E-state index contributed by atoms with van der Waals surface area (Å²) in [5, 5.41) is 5.43. The topological polar surface area (TPSA) is 6.25 Å². The van der Waals surface area contributed by atoms with Crippen LogP contribution in [0.3, 0.4) is 0 Å². The van der Waals surface area contributed by atoms with E-state index in [0.29, 0.717) is 0 Å². The molecule has 2 heterocycles. The van der Waals surface area contributed by atoms with Gasteiger partial charge in [-0.15, -0.1) is 0 Å². The number of allylic oxidation sites excluding steroid dienone is 6. The Balaban J connectivity index is 1.31. The van der Waals surface area contributed by atoms with E-state index in [-0.39, 0.29) is 10.8 Å². The highest BCUT2D eigenvalue weighted by atomic mass is 15.2. The van der Waals surface area contributed by atoms with Crippen molar-refractivity contribution < 1.29 is 4.58 Å². The average Bonchev–Trinajstić information content (AvgIpc) is 3.46. The quantitative estimate of drug-likeness (QED) is 0.0704. The lowest BCUT2D eigenvalue weighted by Crippen LogP contribution is -2.28. The smallest absolute Gasteiger partial charge is 0.210 e. The van der Waals surface area contributed by atoms with E-state index < -0.39 is 0 Å². The first-order valence-corrected chi connectivity index (χ1v) is 19.3. The molecule has 0 radical (unpaired) electrons. The van der Waals surface area contributed by atoms with E-state index in [1.165, 1.54) is 120 Å². The van der Waals surface area contributed by atoms with Crippen molar-refractivity contribution in [3.05, 3.63) is 120 Å². The van der Waals surface area contributed by atoms with Crippen LogP contribution < -0.4 is 4.90 Å². The second-order valence-corrected chi connectivity index (χ2v) is 15.4. The van der Waals surface area contributed by atoms with Crippen LogP contribution in [0.15, 0.2) is 109 Å². The zero-order chi connectivity index (χ0) is 34.4. The fraction of sp³-hybridized carbons (Fsp3) is 0.426. The van der Waals surface area contributed by atoms with Crippen LogP contribution in [0.4, 0.5) is 11.4 Å². The van der Waals surface area contributed by atoms with Crippen LogP contribution in [-0.4, -0.2) is 23.4 Å². The molecule has 256 valence electrons. The molecule has 2 heteroatoms. The van der Waals surface area contributed by atoms with Gasteiger partial charge in [0.2, 0.25) is 5.69 Å². The van der Waals surface area contributed by atoms with Gasteiger partial charge >= 0.3 is 0 Å². The molecule has 0 N–H and O–H groups in total. The Morgan fingerprint density at radius 3 is 1.90 bits per heavy atom. The summed E-state index contributed by atoms with van der Waals surface area (Å²) in [5.74, 6) is 0. The van der Waals surface area contributed by atoms with E-state index in [0.717, 1.165) is 13.1 Å². The predicted molar refractivity (Wildman–Crippen MR) is 215 cm³/mol. The lowest BCUT2D eigenvalue weighted by atomic mass is 9.79. The van der Waals surface area contributed by atoms with Gasteiger partial charge in [-0.2, -0.15) is 4.58 Å². The number of hydrogen-bond acceptors (Lipinski definition) is 1. The second-order valence-electron chi connectivity index (χ2n) is 15.4. The van der Waals surface area contributed by atoms with Crippen LogP contribution in [0.1, 0.15) is 117 Å². The molecule has 0 aliphatic carbocycles. The molecular weight excluding hydrogens is 593 g/mol. The standard InChI is InChI=1S/C47H59N2/c1-7-9-11-13-22-34-48-40-32-30-36-24-18-20-26-38(36)44(40)46(3,4)42(48)28-16-15-17-29-43-47(5,6)45-39-27-21-19-25-37(39)31-33-41(45)49(43)35-23-14-12-10-8-2/h15-21,24-33H,7-14,22-23,34-35H2,1-6H3/q+1. The summed E-state index contributed by atoms with van der Waals surface area (Å²) in [6, 6.07) is 27.2. The molecule has 0 saturated carbocycles. The van der Waals surface area contributed by atoms with Crippen LogP contribution in [0, 0.1) is 0 Å². The highest BCUT2D eigenvalue weighted by Gasteiger charge is 2.45. The molecule has 0 unspecified atom stereocenters. The molecule has 0 aromatic heterocycles. The Labute approximate surface area is 296 Å². The monoisotopic (exact) mass is 651 g/mol. The van der Waals surface area contributed by atoms with E-state index in [9.17, 15) is 0 Å². The molecule has 4 aromatic rings. The third kappa shape index (κ3) is 6.94. The first-order chi connectivity index (χ1) is 23.8. The number of nitrogens with zero attached hydrogens (tertiary/aromatic N) is 2. The normalized spacial score (nSPS) is 17.4. The van der Waals surface area contributed by atoms with Gasteiger partial charge in [-0.05, 0) is 72.0 Å². The average molecular weight is 652 g/mol. The summed E-state index contributed by atoms with van der Waals surface area (Å²) in [5.41, 5.74) is 8.37. The largest absolute Gasteiger partial charge is 0.344 e. The van der Waals surface area contributed by atoms with E-state index in [4.69, 9.17) is 0 Å². The van der Waals surface area contributed by atoms with Gasteiger partial charge in [-0.3, -0.25) is 0 Å². The zero-order valence-electron chi connectivity index (χ0n) is 31.2. The molecule has 0 amide bonds. The SMILES string of the molecule is CCCCCCCN1\C(=C/C=C/C=C/C2=[N+](CCCCCCC)c3ccc4ccccc4c3C2(C)C)C(C)(C)c2c1ccc1ccccc21. The van der Waals surface area contributed by atoms with Gasteiger partial charge in [-0.1, -0.05) is 145 Å². The fourth-order valence-electron chi connectivity index (χ4n) is 8.66. The van der Waals surface area contributed by atoms with Gasteiger partial charge in [0.1, 0.15) is 6.54 Å². The number of hydrogen-bond donors (Lipinski definition) is 0. The van der Waals surface area contributed by atoms with E-state index in [1.54, 1.807) is 0 Å². The number of benzene rings is 4. The summed E-state index contributed by atoms with van der Waals surface area (Å²) in [6.07, 6.45) is 24.5. The van der Waals surface area contributed by atoms with Gasteiger partial charge in [0.05, 0.1) is 5.41 Å². The molecule has 2 aliphatic rings. The van der Waals surface area contributed by atoms with Crippen LogP contribution >= 0.6 is 0 Å². The van der Waals surface area contributed by atoms with Gasteiger partial charge in [0, 0.05) is 47.5 Å². The molecule has 0 saturated heterocycles. The maximum absolute atomic E-state index is 2.62. The highest BCUT2D eigenvalue weighted by Crippen LogP contribution is 2.51. The van der Waals surface area contributed by atoms with Crippen molar-refractivity contribution in [2.45, 2.75) is 117 Å². The fourth-order valence-corrected chi connectivity index (χ4v) is 8.66. The first kappa shape index (κ1) is 34.9. The summed E-state index contributed by atoms with van der Waals surface area (Å²) in [4.78, 5) is 2.62. The minimum atomic E-state index is -0.0763. The molecule has 2 nitrogen and oxygen atoms in total. The van der Waals surface area contributed by atoms with Crippen LogP contribution in [0.5, 0.6) is 0 Å². The number of anilines is 1. The van der Waals surface area contributed by atoms with Crippen molar-refractivity contribution in [3.63, 3.8) is 0 Å². The molecule has 2 aliphatic heterocycles. The van der Waals surface area contributed by atoms with Gasteiger partial charge < -0.3 is 4.90 Å². The zero-order valence-corrected chi connectivity index (χ0v) is 31.2. The van der Waals surface area contributed by atoms with E-state index in [1.807, 2.05) is 0 Å². The summed E-state index contributed by atoms with van der Waals surface area (Å²) in [6.45, 7) is 16.4. The Kier molecular flexibility index (Phi) is 10.9. The molecule has 0 atom stereocenters.